The van der Waals surface area contributed by atoms with E-state index >= 15 is 0 Å². The minimum Gasteiger partial charge on any atom is -0.401 e. The zero-order chi connectivity index (χ0) is 22.1. The molecule has 2 aromatic rings. The van der Waals surface area contributed by atoms with Gasteiger partial charge in [-0.25, -0.2) is 9.97 Å². The van der Waals surface area contributed by atoms with Crippen LogP contribution in [-0.4, -0.2) is 28.0 Å². The SMILES string of the molecule is C=C(S/C(C(=O)N[C@H]1CCCC[C@@H]1OCc1ccccc1)=C(\N)CC)c1ncccn1. The Hall–Kier alpha value is -2.64. The molecule has 1 heterocycles. The average molecular weight is 439 g/mol. The van der Waals surface area contributed by atoms with Gasteiger partial charge in [-0.2, -0.15) is 0 Å². The second kappa shape index (κ2) is 11.7. The molecule has 1 saturated carbocycles. The van der Waals surface area contributed by atoms with E-state index in [1.807, 2.05) is 37.3 Å². The summed E-state index contributed by atoms with van der Waals surface area (Å²) in [5.41, 5.74) is 7.86. The Bertz CT molecular complexity index is 902. The maximum atomic E-state index is 13.2. The fourth-order valence-corrected chi connectivity index (χ4v) is 4.37. The highest BCUT2D eigenvalue weighted by atomic mass is 32.2. The fourth-order valence-electron chi connectivity index (χ4n) is 3.50. The first-order valence-electron chi connectivity index (χ1n) is 10.7. The number of nitrogens with two attached hydrogens (primary N) is 1. The summed E-state index contributed by atoms with van der Waals surface area (Å²) in [4.78, 5) is 22.6. The van der Waals surface area contributed by atoms with Crippen LogP contribution in [-0.2, 0) is 16.1 Å². The van der Waals surface area contributed by atoms with Crippen molar-refractivity contribution in [2.45, 2.75) is 57.8 Å². The van der Waals surface area contributed by atoms with E-state index < -0.39 is 0 Å². The molecule has 0 aliphatic heterocycles. The summed E-state index contributed by atoms with van der Waals surface area (Å²) in [6.45, 7) is 6.50. The van der Waals surface area contributed by atoms with Crippen LogP contribution in [0.15, 0.2) is 66.0 Å². The van der Waals surface area contributed by atoms with Gasteiger partial charge in [-0.3, -0.25) is 4.79 Å². The van der Waals surface area contributed by atoms with E-state index in [-0.39, 0.29) is 18.1 Å². The molecule has 1 aromatic heterocycles. The van der Waals surface area contributed by atoms with Crippen molar-refractivity contribution < 1.29 is 9.53 Å². The molecular formula is C24H30N4O2S. The molecule has 1 aliphatic rings. The number of hydrogen-bond donors (Lipinski definition) is 2. The molecule has 3 N–H and O–H groups in total. The van der Waals surface area contributed by atoms with Crippen LogP contribution in [0.3, 0.4) is 0 Å². The zero-order valence-electron chi connectivity index (χ0n) is 17.9. The number of carbonyl (C=O) groups excluding carboxylic acids is 1. The van der Waals surface area contributed by atoms with Crippen LogP contribution in [0.4, 0.5) is 0 Å². The van der Waals surface area contributed by atoms with Crippen molar-refractivity contribution in [3.05, 3.63) is 77.4 Å². The Balaban J connectivity index is 1.66. The molecule has 2 atom stereocenters. The summed E-state index contributed by atoms with van der Waals surface area (Å²) in [6.07, 6.45) is 7.83. The van der Waals surface area contributed by atoms with Crippen molar-refractivity contribution in [2.75, 3.05) is 0 Å². The Morgan fingerprint density at radius 2 is 1.90 bits per heavy atom. The van der Waals surface area contributed by atoms with Gasteiger partial charge in [-0.15, -0.1) is 0 Å². The monoisotopic (exact) mass is 438 g/mol. The molecule has 6 nitrogen and oxygen atoms in total. The van der Waals surface area contributed by atoms with E-state index in [9.17, 15) is 4.79 Å². The molecule has 1 fully saturated rings. The molecule has 3 rings (SSSR count). The molecule has 0 spiro atoms. The molecular weight excluding hydrogens is 408 g/mol. The van der Waals surface area contributed by atoms with Crippen molar-refractivity contribution in [3.63, 3.8) is 0 Å². The highest BCUT2D eigenvalue weighted by Crippen LogP contribution is 2.32. The number of thioether (sulfide) groups is 1. The van der Waals surface area contributed by atoms with E-state index in [0.717, 1.165) is 31.2 Å². The Kier molecular flexibility index (Phi) is 8.67. The first-order chi connectivity index (χ1) is 15.1. The summed E-state index contributed by atoms with van der Waals surface area (Å²) < 4.78 is 6.19. The molecule has 0 saturated heterocycles. The van der Waals surface area contributed by atoms with Crippen LogP contribution < -0.4 is 11.1 Å². The Morgan fingerprint density at radius 1 is 1.19 bits per heavy atom. The van der Waals surface area contributed by atoms with Crippen LogP contribution >= 0.6 is 11.8 Å². The lowest BCUT2D eigenvalue weighted by atomic mass is 9.92. The third-order valence-electron chi connectivity index (χ3n) is 5.25. The highest BCUT2D eigenvalue weighted by molar-refractivity contribution is 8.12. The van der Waals surface area contributed by atoms with Crippen molar-refractivity contribution in [1.82, 2.24) is 15.3 Å². The Morgan fingerprint density at radius 3 is 2.61 bits per heavy atom. The summed E-state index contributed by atoms with van der Waals surface area (Å²) >= 11 is 1.22. The zero-order valence-corrected chi connectivity index (χ0v) is 18.7. The third-order valence-corrected chi connectivity index (χ3v) is 6.33. The van der Waals surface area contributed by atoms with Gasteiger partial charge in [-0.05, 0) is 30.9 Å². The van der Waals surface area contributed by atoms with Gasteiger partial charge in [0.2, 0.25) is 0 Å². The number of hydrogen-bond acceptors (Lipinski definition) is 6. The van der Waals surface area contributed by atoms with Gasteiger partial charge in [0.05, 0.1) is 23.7 Å². The fraction of sp³-hybridized carbons (Fsp3) is 0.375. The predicted molar refractivity (Wildman–Crippen MR) is 126 cm³/mol. The molecule has 1 aromatic carbocycles. The lowest BCUT2D eigenvalue weighted by Crippen LogP contribution is -2.46. The molecule has 0 radical (unpaired) electrons. The number of benzene rings is 1. The number of nitrogens with zero attached hydrogens (tertiary/aromatic N) is 2. The van der Waals surface area contributed by atoms with Crippen LogP contribution in [0.1, 0.15) is 50.4 Å². The maximum Gasteiger partial charge on any atom is 0.260 e. The minimum atomic E-state index is -0.193. The summed E-state index contributed by atoms with van der Waals surface area (Å²) in [7, 11) is 0. The lowest BCUT2D eigenvalue weighted by Gasteiger charge is -2.32. The van der Waals surface area contributed by atoms with Crippen molar-refractivity contribution >= 4 is 22.6 Å². The van der Waals surface area contributed by atoms with Gasteiger partial charge in [0.25, 0.3) is 5.91 Å². The second-order valence-corrected chi connectivity index (χ2v) is 8.61. The smallest absolute Gasteiger partial charge is 0.260 e. The number of rotatable bonds is 9. The van der Waals surface area contributed by atoms with E-state index in [1.165, 1.54) is 11.8 Å². The first-order valence-corrected chi connectivity index (χ1v) is 11.5. The van der Waals surface area contributed by atoms with E-state index in [2.05, 4.69) is 21.9 Å². The minimum absolute atomic E-state index is 0.0207. The van der Waals surface area contributed by atoms with Crippen molar-refractivity contribution in [3.8, 4) is 0 Å². The van der Waals surface area contributed by atoms with Gasteiger partial charge in [0, 0.05) is 23.0 Å². The molecule has 0 unspecified atom stereocenters. The Labute approximate surface area is 188 Å². The second-order valence-electron chi connectivity index (χ2n) is 7.51. The maximum absolute atomic E-state index is 13.2. The number of nitrogens with one attached hydrogen (secondary N) is 1. The van der Waals surface area contributed by atoms with Gasteiger partial charge < -0.3 is 15.8 Å². The molecule has 1 aliphatic carbocycles. The van der Waals surface area contributed by atoms with Crippen LogP contribution in [0, 0.1) is 0 Å². The van der Waals surface area contributed by atoms with Crippen LogP contribution in [0.2, 0.25) is 0 Å². The number of carbonyl (C=O) groups is 1. The number of allylic oxidation sites excluding steroid dienone is 1. The standard InChI is InChI=1S/C24H30N4O2S/c1-3-19(25)22(31-17(2)23-26-14-9-15-27-23)24(29)28-20-12-7-8-13-21(20)30-16-18-10-5-4-6-11-18/h4-6,9-11,14-15,20-21H,2-3,7-8,12-13,16,25H2,1H3,(H,28,29)/b22-19-/t20-,21-/m0/s1. The summed E-state index contributed by atoms with van der Waals surface area (Å²) in [5.74, 6) is 0.296. The summed E-state index contributed by atoms with van der Waals surface area (Å²) in [5, 5.41) is 3.17. The number of ether oxygens (including phenoxy) is 1. The normalized spacial score (nSPS) is 19.4. The average Bonchev–Trinajstić information content (AvgIpc) is 2.82. The van der Waals surface area contributed by atoms with Gasteiger partial charge >= 0.3 is 0 Å². The third kappa shape index (κ3) is 6.67. The topological polar surface area (TPSA) is 90.1 Å². The van der Waals surface area contributed by atoms with Gasteiger partial charge in [0.1, 0.15) is 0 Å². The molecule has 7 heteroatoms. The number of amides is 1. The molecule has 164 valence electrons. The van der Waals surface area contributed by atoms with E-state index in [1.54, 1.807) is 18.5 Å². The largest absolute Gasteiger partial charge is 0.401 e. The van der Waals surface area contributed by atoms with E-state index in [4.69, 9.17) is 10.5 Å². The van der Waals surface area contributed by atoms with Gasteiger partial charge in [0.15, 0.2) is 5.82 Å². The quantitative estimate of drug-likeness (QED) is 0.564. The first kappa shape index (κ1) is 23.0. The lowest BCUT2D eigenvalue weighted by molar-refractivity contribution is -0.119. The number of aromatic nitrogens is 2. The van der Waals surface area contributed by atoms with Crippen molar-refractivity contribution in [2.24, 2.45) is 5.73 Å². The molecule has 31 heavy (non-hydrogen) atoms. The van der Waals surface area contributed by atoms with Crippen molar-refractivity contribution in [1.29, 1.82) is 0 Å². The predicted octanol–water partition coefficient (Wildman–Crippen LogP) is 4.41. The van der Waals surface area contributed by atoms with E-state index in [0.29, 0.717) is 34.4 Å². The highest BCUT2D eigenvalue weighted by Gasteiger charge is 2.29. The molecule has 1 amide bonds. The molecule has 0 bridgehead atoms. The van der Waals surface area contributed by atoms with Gasteiger partial charge in [-0.1, -0.05) is 68.4 Å². The summed E-state index contributed by atoms with van der Waals surface area (Å²) in [6, 6.07) is 11.8. The van der Waals surface area contributed by atoms with Crippen LogP contribution in [0.5, 0.6) is 0 Å². The van der Waals surface area contributed by atoms with Crippen LogP contribution in [0.25, 0.3) is 4.91 Å².